The van der Waals surface area contributed by atoms with Gasteiger partial charge in [-0.15, -0.1) is 0 Å². The molecule has 1 N–H and O–H groups in total. The number of benzene rings is 1. The van der Waals surface area contributed by atoms with Crippen LogP contribution in [0.15, 0.2) is 18.2 Å². The molecule has 0 bridgehead atoms. The second-order valence-corrected chi connectivity index (χ2v) is 4.90. The molecule has 2 rings (SSSR count). The summed E-state index contributed by atoms with van der Waals surface area (Å²) in [7, 11) is 0. The maximum absolute atomic E-state index is 13.4. The molecule has 0 spiro atoms. The van der Waals surface area contributed by atoms with Gasteiger partial charge in [-0.1, -0.05) is 19.4 Å². The zero-order valence-corrected chi connectivity index (χ0v) is 10.2. The van der Waals surface area contributed by atoms with Crippen LogP contribution in [0.3, 0.4) is 0 Å². The molecule has 3 heteroatoms. The fraction of sp³-hybridized carbons (Fsp3) is 0.571. The predicted octanol–water partition coefficient (Wildman–Crippen LogP) is 3.63. The maximum Gasteiger partial charge on any atom is 0.130 e. The van der Waals surface area contributed by atoms with Crippen LogP contribution in [-0.2, 0) is 6.54 Å². The second-order valence-electron chi connectivity index (χ2n) is 4.90. The van der Waals surface area contributed by atoms with Gasteiger partial charge in [0, 0.05) is 24.2 Å². The average Bonchev–Trinajstić information content (AvgIpc) is 2.76. The van der Waals surface area contributed by atoms with Crippen molar-refractivity contribution >= 4 is 0 Å². The molecule has 1 aromatic carbocycles. The lowest BCUT2D eigenvalue weighted by Crippen LogP contribution is -2.26. The lowest BCUT2D eigenvalue weighted by Gasteiger charge is -2.13. The molecule has 1 saturated carbocycles. The van der Waals surface area contributed by atoms with Crippen molar-refractivity contribution in [1.82, 2.24) is 5.32 Å². The van der Waals surface area contributed by atoms with Crippen LogP contribution in [0.1, 0.15) is 38.2 Å². The van der Waals surface area contributed by atoms with Crippen molar-refractivity contribution in [2.75, 3.05) is 0 Å². The Morgan fingerprint density at radius 1 is 1.29 bits per heavy atom. The Bertz CT molecular complexity index is 378. The molecule has 1 aromatic rings. The molecular weight excluding hydrogens is 220 g/mol. The van der Waals surface area contributed by atoms with Crippen LogP contribution in [0, 0.1) is 17.6 Å². The number of halogens is 2. The molecule has 17 heavy (non-hydrogen) atoms. The van der Waals surface area contributed by atoms with E-state index in [2.05, 4.69) is 12.2 Å². The molecule has 94 valence electrons. The van der Waals surface area contributed by atoms with Crippen molar-refractivity contribution in [3.63, 3.8) is 0 Å². The Hall–Kier alpha value is -0.960. The summed E-state index contributed by atoms with van der Waals surface area (Å²) in [5.74, 6) is -0.161. The number of hydrogen-bond donors (Lipinski definition) is 1. The van der Waals surface area contributed by atoms with Gasteiger partial charge >= 0.3 is 0 Å². The van der Waals surface area contributed by atoms with E-state index in [1.54, 1.807) is 0 Å². The number of rotatable bonds is 4. The van der Waals surface area contributed by atoms with Gasteiger partial charge in [0.1, 0.15) is 11.6 Å². The highest BCUT2D eigenvalue weighted by Gasteiger charge is 2.22. The smallest absolute Gasteiger partial charge is 0.130 e. The Balaban J connectivity index is 1.86. The first kappa shape index (κ1) is 12.5. The van der Waals surface area contributed by atoms with Crippen LogP contribution in [0.4, 0.5) is 8.78 Å². The summed E-state index contributed by atoms with van der Waals surface area (Å²) in [6.45, 7) is 2.71. The van der Waals surface area contributed by atoms with E-state index in [1.807, 2.05) is 0 Å². The van der Waals surface area contributed by atoms with Gasteiger partial charge in [0.05, 0.1) is 0 Å². The number of hydrogen-bond acceptors (Lipinski definition) is 1. The highest BCUT2D eigenvalue weighted by Crippen LogP contribution is 2.28. The van der Waals surface area contributed by atoms with E-state index < -0.39 is 11.6 Å². The van der Waals surface area contributed by atoms with Crippen LogP contribution >= 0.6 is 0 Å². The van der Waals surface area contributed by atoms with E-state index in [-0.39, 0.29) is 0 Å². The SMILES string of the molecule is CCC1CCC(NCc2ccc(F)cc2F)C1. The zero-order valence-electron chi connectivity index (χ0n) is 10.2. The van der Waals surface area contributed by atoms with Gasteiger partial charge in [-0.2, -0.15) is 0 Å². The predicted molar refractivity (Wildman–Crippen MR) is 64.6 cm³/mol. The Kier molecular flexibility index (Phi) is 4.11. The fourth-order valence-electron chi connectivity index (χ4n) is 2.55. The molecule has 1 nitrogen and oxygen atoms in total. The van der Waals surface area contributed by atoms with Gasteiger partial charge in [-0.25, -0.2) is 8.78 Å². The topological polar surface area (TPSA) is 12.0 Å². The Labute approximate surface area is 101 Å². The van der Waals surface area contributed by atoms with Crippen molar-refractivity contribution in [1.29, 1.82) is 0 Å². The van der Waals surface area contributed by atoms with Crippen LogP contribution in [0.2, 0.25) is 0 Å². The fourth-order valence-corrected chi connectivity index (χ4v) is 2.55. The number of nitrogens with one attached hydrogen (secondary N) is 1. The van der Waals surface area contributed by atoms with Gasteiger partial charge in [-0.05, 0) is 31.2 Å². The minimum Gasteiger partial charge on any atom is -0.310 e. The molecule has 1 fully saturated rings. The first-order valence-electron chi connectivity index (χ1n) is 6.36. The van der Waals surface area contributed by atoms with Gasteiger partial charge in [0.15, 0.2) is 0 Å². The molecule has 0 amide bonds. The summed E-state index contributed by atoms with van der Waals surface area (Å²) in [6.07, 6.45) is 4.84. The maximum atomic E-state index is 13.4. The molecule has 1 aliphatic rings. The summed E-state index contributed by atoms with van der Waals surface area (Å²) < 4.78 is 26.1. The average molecular weight is 239 g/mol. The van der Waals surface area contributed by atoms with Gasteiger partial charge in [0.2, 0.25) is 0 Å². The normalized spacial score (nSPS) is 24.2. The first-order chi connectivity index (χ1) is 8.19. The molecule has 0 heterocycles. The van der Waals surface area contributed by atoms with Gasteiger partial charge in [0.25, 0.3) is 0 Å². The third-order valence-electron chi connectivity index (χ3n) is 3.71. The van der Waals surface area contributed by atoms with Gasteiger partial charge in [-0.3, -0.25) is 0 Å². The third-order valence-corrected chi connectivity index (χ3v) is 3.71. The van der Waals surface area contributed by atoms with E-state index in [0.717, 1.165) is 12.0 Å². The molecular formula is C14H19F2N. The van der Waals surface area contributed by atoms with E-state index in [0.29, 0.717) is 18.2 Å². The summed E-state index contributed by atoms with van der Waals surface area (Å²) >= 11 is 0. The summed E-state index contributed by atoms with van der Waals surface area (Å²) in [5, 5.41) is 3.36. The molecule has 0 radical (unpaired) electrons. The van der Waals surface area contributed by atoms with Crippen molar-refractivity contribution in [2.45, 2.75) is 45.2 Å². The minimum atomic E-state index is -0.516. The van der Waals surface area contributed by atoms with Gasteiger partial charge < -0.3 is 5.32 Å². The van der Waals surface area contributed by atoms with Crippen molar-refractivity contribution in [3.05, 3.63) is 35.4 Å². The molecule has 0 saturated heterocycles. The highest BCUT2D eigenvalue weighted by molar-refractivity contribution is 5.18. The van der Waals surface area contributed by atoms with Crippen LogP contribution in [-0.4, -0.2) is 6.04 Å². The molecule has 0 aromatic heterocycles. The first-order valence-corrected chi connectivity index (χ1v) is 6.36. The van der Waals surface area contributed by atoms with Crippen molar-refractivity contribution in [3.8, 4) is 0 Å². The van der Waals surface area contributed by atoms with Crippen LogP contribution < -0.4 is 5.32 Å². The largest absolute Gasteiger partial charge is 0.310 e. The Morgan fingerprint density at radius 3 is 2.76 bits per heavy atom. The van der Waals surface area contributed by atoms with E-state index in [4.69, 9.17) is 0 Å². The summed E-state index contributed by atoms with van der Waals surface area (Å²) in [4.78, 5) is 0. The highest BCUT2D eigenvalue weighted by atomic mass is 19.1. The lowest BCUT2D eigenvalue weighted by molar-refractivity contribution is 0.470. The Morgan fingerprint density at radius 2 is 2.12 bits per heavy atom. The molecule has 2 unspecified atom stereocenters. The lowest BCUT2D eigenvalue weighted by atomic mass is 10.1. The van der Waals surface area contributed by atoms with Crippen molar-refractivity contribution in [2.24, 2.45) is 5.92 Å². The second kappa shape index (κ2) is 5.58. The van der Waals surface area contributed by atoms with E-state index in [1.165, 1.54) is 37.8 Å². The van der Waals surface area contributed by atoms with Crippen LogP contribution in [0.25, 0.3) is 0 Å². The standard InChI is InChI=1S/C14H19F2N/c1-2-10-3-6-13(7-10)17-9-11-4-5-12(15)8-14(11)16/h4-5,8,10,13,17H,2-3,6-7,9H2,1H3. The van der Waals surface area contributed by atoms with E-state index in [9.17, 15) is 8.78 Å². The molecule has 0 aliphatic heterocycles. The summed E-state index contributed by atoms with van der Waals surface area (Å²) in [5.41, 5.74) is 0.548. The minimum absolute atomic E-state index is 0.456. The van der Waals surface area contributed by atoms with E-state index >= 15 is 0 Å². The summed E-state index contributed by atoms with van der Waals surface area (Å²) in [6, 6.07) is 4.26. The quantitative estimate of drug-likeness (QED) is 0.846. The monoisotopic (exact) mass is 239 g/mol. The third kappa shape index (κ3) is 3.25. The zero-order chi connectivity index (χ0) is 12.3. The molecule has 1 aliphatic carbocycles. The van der Waals surface area contributed by atoms with Crippen LogP contribution in [0.5, 0.6) is 0 Å². The van der Waals surface area contributed by atoms with Crippen molar-refractivity contribution < 1.29 is 8.78 Å². The molecule has 2 atom stereocenters.